The third-order valence-corrected chi connectivity index (χ3v) is 5.98. The molecule has 0 aliphatic carbocycles. The Morgan fingerprint density at radius 1 is 0.906 bits per heavy atom. The van der Waals surface area contributed by atoms with Crippen LogP contribution in [-0.2, 0) is 13.1 Å². The van der Waals surface area contributed by atoms with Crippen LogP contribution in [0, 0.1) is 0 Å². The van der Waals surface area contributed by atoms with E-state index in [9.17, 15) is 9.90 Å². The molecule has 0 unspecified atom stereocenters. The molecule has 2 aliphatic heterocycles. The van der Waals surface area contributed by atoms with Crippen molar-refractivity contribution >= 4 is 11.9 Å². The molecule has 5 rings (SSSR count). The molecule has 1 aromatic heterocycles. The first-order valence-corrected chi connectivity index (χ1v) is 10.9. The minimum Gasteiger partial charge on any atom is -0.507 e. The number of hydrogen-bond donors (Lipinski definition) is 1. The molecule has 0 spiro atoms. The van der Waals surface area contributed by atoms with Crippen LogP contribution in [0.4, 0.5) is 0 Å². The Kier molecular flexibility index (Phi) is 5.71. The molecule has 2 aliphatic rings. The molecule has 3 aromatic rings. The van der Waals surface area contributed by atoms with E-state index in [1.54, 1.807) is 24.4 Å². The van der Waals surface area contributed by atoms with E-state index in [1.807, 2.05) is 24.3 Å². The summed E-state index contributed by atoms with van der Waals surface area (Å²) < 4.78 is 5.95. The van der Waals surface area contributed by atoms with E-state index < -0.39 is 0 Å². The van der Waals surface area contributed by atoms with Crippen LogP contribution in [0.15, 0.2) is 72.6 Å². The number of phenolic OH excluding ortho intramolecular Hbond substituents is 1. The lowest BCUT2D eigenvalue weighted by atomic mass is 10.0. The van der Waals surface area contributed by atoms with Gasteiger partial charge in [0, 0.05) is 51.5 Å². The van der Waals surface area contributed by atoms with Gasteiger partial charge >= 0.3 is 0 Å². The van der Waals surface area contributed by atoms with Gasteiger partial charge in [0.05, 0.1) is 16.8 Å². The molecule has 32 heavy (non-hydrogen) atoms. The van der Waals surface area contributed by atoms with Crippen LogP contribution in [0.1, 0.15) is 27.2 Å². The van der Waals surface area contributed by atoms with Gasteiger partial charge in [-0.3, -0.25) is 19.6 Å². The number of Topliss-reactive ketones (excluding diaryl/α,β-unsaturated/α-hetero) is 1. The Morgan fingerprint density at radius 3 is 2.34 bits per heavy atom. The van der Waals surface area contributed by atoms with Gasteiger partial charge in [-0.2, -0.15) is 0 Å². The predicted molar refractivity (Wildman–Crippen MR) is 122 cm³/mol. The second-order valence-electron chi connectivity index (χ2n) is 8.17. The van der Waals surface area contributed by atoms with Gasteiger partial charge in [-0.05, 0) is 29.8 Å². The molecule has 0 atom stereocenters. The highest BCUT2D eigenvalue weighted by Crippen LogP contribution is 2.40. The second kappa shape index (κ2) is 8.94. The standard InChI is InChI=1S/C26H25N3O3/c30-23-10-9-21-25(31)24(16-20-8-4-5-11-27-20)32-26(21)22(23)18-29-14-12-28(13-15-29)17-19-6-2-1-3-7-19/h1-11,16,30H,12-15,17-18H2/b24-16-. The normalized spacial score (nSPS) is 18.0. The van der Waals surface area contributed by atoms with Crippen LogP contribution >= 0.6 is 0 Å². The molecule has 6 nitrogen and oxygen atoms in total. The van der Waals surface area contributed by atoms with Gasteiger partial charge in [-0.1, -0.05) is 36.4 Å². The number of pyridine rings is 1. The maximum absolute atomic E-state index is 12.9. The minimum atomic E-state index is -0.181. The zero-order valence-corrected chi connectivity index (χ0v) is 17.8. The fourth-order valence-electron chi connectivity index (χ4n) is 4.22. The fraction of sp³-hybridized carbons (Fsp3) is 0.231. The van der Waals surface area contributed by atoms with Crippen molar-refractivity contribution < 1.29 is 14.6 Å². The first-order chi connectivity index (χ1) is 15.7. The molecule has 0 amide bonds. The van der Waals surface area contributed by atoms with Crippen LogP contribution in [0.2, 0.25) is 0 Å². The number of fused-ring (bicyclic) bond motifs is 1. The van der Waals surface area contributed by atoms with Crippen LogP contribution in [0.5, 0.6) is 11.5 Å². The van der Waals surface area contributed by atoms with Crippen molar-refractivity contribution in [3.05, 3.63) is 95.0 Å². The van der Waals surface area contributed by atoms with Gasteiger partial charge in [0.1, 0.15) is 11.5 Å². The van der Waals surface area contributed by atoms with Crippen LogP contribution in [-0.4, -0.2) is 51.9 Å². The predicted octanol–water partition coefficient (Wildman–Crippen LogP) is 3.72. The Balaban J connectivity index is 1.28. The van der Waals surface area contributed by atoms with E-state index >= 15 is 0 Å². The number of hydrogen-bond acceptors (Lipinski definition) is 6. The maximum Gasteiger partial charge on any atom is 0.232 e. The number of piperazine rings is 1. The largest absolute Gasteiger partial charge is 0.507 e. The molecule has 0 bridgehead atoms. The van der Waals surface area contributed by atoms with Gasteiger partial charge in [0.15, 0.2) is 5.76 Å². The number of aromatic nitrogens is 1. The van der Waals surface area contributed by atoms with E-state index in [-0.39, 0.29) is 17.3 Å². The van der Waals surface area contributed by atoms with Crippen molar-refractivity contribution in [2.45, 2.75) is 13.1 Å². The molecule has 0 radical (unpaired) electrons. The van der Waals surface area contributed by atoms with E-state index in [0.29, 0.717) is 29.1 Å². The molecule has 1 saturated heterocycles. The van der Waals surface area contributed by atoms with Crippen molar-refractivity contribution in [2.75, 3.05) is 26.2 Å². The topological polar surface area (TPSA) is 65.9 Å². The quantitative estimate of drug-likeness (QED) is 0.626. The van der Waals surface area contributed by atoms with E-state index in [4.69, 9.17) is 4.74 Å². The molecule has 162 valence electrons. The fourth-order valence-corrected chi connectivity index (χ4v) is 4.22. The average molecular weight is 428 g/mol. The molecule has 6 heteroatoms. The Bertz CT molecular complexity index is 1140. The van der Waals surface area contributed by atoms with Gasteiger partial charge in [0.2, 0.25) is 5.78 Å². The number of allylic oxidation sites excluding steroid dienone is 1. The Morgan fingerprint density at radius 2 is 1.62 bits per heavy atom. The SMILES string of the molecule is O=C1/C(=C/c2ccccn2)Oc2c1ccc(O)c2CN1CCN(Cc2ccccc2)CC1. The third kappa shape index (κ3) is 4.28. The summed E-state index contributed by atoms with van der Waals surface area (Å²) in [6.45, 7) is 5.17. The number of carbonyl (C=O) groups is 1. The number of ketones is 1. The number of benzene rings is 2. The highest BCUT2D eigenvalue weighted by Gasteiger charge is 2.32. The van der Waals surface area contributed by atoms with Crippen molar-refractivity contribution in [3.63, 3.8) is 0 Å². The van der Waals surface area contributed by atoms with Gasteiger partial charge < -0.3 is 9.84 Å². The molecular weight excluding hydrogens is 402 g/mol. The van der Waals surface area contributed by atoms with Gasteiger partial charge in [0.25, 0.3) is 0 Å². The molecule has 2 aromatic carbocycles. The molecule has 1 N–H and O–H groups in total. The summed E-state index contributed by atoms with van der Waals surface area (Å²) in [6.07, 6.45) is 3.32. The van der Waals surface area contributed by atoms with Crippen molar-refractivity contribution in [1.29, 1.82) is 0 Å². The molecule has 3 heterocycles. The molecule has 0 saturated carbocycles. The lowest BCUT2D eigenvalue weighted by Crippen LogP contribution is -2.45. The van der Waals surface area contributed by atoms with E-state index in [0.717, 1.165) is 32.7 Å². The van der Waals surface area contributed by atoms with Crippen molar-refractivity contribution in [1.82, 2.24) is 14.8 Å². The highest BCUT2D eigenvalue weighted by molar-refractivity contribution is 6.14. The zero-order chi connectivity index (χ0) is 21.9. The lowest BCUT2D eigenvalue weighted by Gasteiger charge is -2.35. The van der Waals surface area contributed by atoms with Crippen LogP contribution in [0.3, 0.4) is 0 Å². The number of carbonyl (C=O) groups excluding carboxylic acids is 1. The Labute approximate surface area is 187 Å². The summed E-state index contributed by atoms with van der Waals surface area (Å²) in [5.74, 6) is 0.670. The summed E-state index contributed by atoms with van der Waals surface area (Å²) in [5, 5.41) is 10.6. The summed E-state index contributed by atoms with van der Waals surface area (Å²) in [7, 11) is 0. The van der Waals surface area contributed by atoms with Crippen molar-refractivity contribution in [2.24, 2.45) is 0 Å². The Hall–Kier alpha value is -3.48. The average Bonchev–Trinajstić information content (AvgIpc) is 3.13. The summed E-state index contributed by atoms with van der Waals surface area (Å²) in [5.41, 5.74) is 3.13. The zero-order valence-electron chi connectivity index (χ0n) is 17.8. The van der Waals surface area contributed by atoms with Crippen LogP contribution < -0.4 is 4.74 Å². The van der Waals surface area contributed by atoms with Gasteiger partial charge in [-0.25, -0.2) is 0 Å². The van der Waals surface area contributed by atoms with E-state index in [2.05, 4.69) is 39.0 Å². The summed E-state index contributed by atoms with van der Waals surface area (Å²) in [6, 6.07) is 19.2. The van der Waals surface area contributed by atoms with Gasteiger partial charge in [-0.15, -0.1) is 0 Å². The second-order valence-corrected chi connectivity index (χ2v) is 8.17. The smallest absolute Gasteiger partial charge is 0.232 e. The lowest BCUT2D eigenvalue weighted by molar-refractivity contribution is 0.101. The summed E-state index contributed by atoms with van der Waals surface area (Å²) in [4.78, 5) is 21.8. The van der Waals surface area contributed by atoms with Crippen LogP contribution in [0.25, 0.3) is 6.08 Å². The first-order valence-electron chi connectivity index (χ1n) is 10.9. The number of aromatic hydroxyl groups is 1. The monoisotopic (exact) mass is 427 g/mol. The number of nitrogens with zero attached hydrogens (tertiary/aromatic N) is 3. The highest BCUT2D eigenvalue weighted by atomic mass is 16.5. The molecule has 1 fully saturated rings. The molecular formula is C26H25N3O3. The van der Waals surface area contributed by atoms with E-state index in [1.165, 1.54) is 5.56 Å². The van der Waals surface area contributed by atoms with Crippen molar-refractivity contribution in [3.8, 4) is 11.5 Å². The summed E-state index contributed by atoms with van der Waals surface area (Å²) >= 11 is 0. The number of phenols is 1. The number of rotatable bonds is 5. The number of ether oxygens (including phenoxy) is 1. The minimum absolute atomic E-state index is 0.155. The maximum atomic E-state index is 12.9. The third-order valence-electron chi connectivity index (χ3n) is 5.98. The first kappa shape index (κ1) is 20.4.